The first-order chi connectivity index (χ1) is 8.79. The van der Waals surface area contributed by atoms with E-state index >= 15 is 0 Å². The highest BCUT2D eigenvalue weighted by Gasteiger charge is 2.39. The first-order valence-corrected chi connectivity index (χ1v) is 7.57. The molecular weight excluding hydrogens is 268 g/mol. The van der Waals surface area contributed by atoms with Crippen molar-refractivity contribution < 1.29 is 13.3 Å². The third kappa shape index (κ3) is 3.68. The molecule has 1 aromatic carbocycles. The summed E-state index contributed by atoms with van der Waals surface area (Å²) in [5.74, 6) is -0.880. The standard InChI is InChI=1S/C14H19F2NOS/c1-14(2,3)19(18)17-13(9-4-5-9)11-7-6-10(15)8-12(11)16/h6-9,13,17H,4-5H2,1-3H3/t13-,19-/m1/s1. The van der Waals surface area contributed by atoms with Crippen LogP contribution in [-0.2, 0) is 11.4 Å². The van der Waals surface area contributed by atoms with Gasteiger partial charge in [-0.2, -0.15) is 0 Å². The molecule has 0 aliphatic heterocycles. The first-order valence-electron chi connectivity index (χ1n) is 6.42. The minimum atomic E-state index is -1.27. The lowest BCUT2D eigenvalue weighted by molar-refractivity contribution is 0.483. The van der Waals surface area contributed by atoms with Gasteiger partial charge in [0, 0.05) is 23.0 Å². The zero-order valence-electron chi connectivity index (χ0n) is 11.4. The average molecular weight is 287 g/mol. The van der Waals surface area contributed by atoms with E-state index in [1.54, 1.807) is 0 Å². The van der Waals surface area contributed by atoms with Crippen molar-refractivity contribution in [2.75, 3.05) is 0 Å². The summed E-state index contributed by atoms with van der Waals surface area (Å²) in [6, 6.07) is 3.27. The van der Waals surface area contributed by atoms with Crippen molar-refractivity contribution in [3.8, 4) is 0 Å². The summed E-state index contributed by atoms with van der Waals surface area (Å²) in [6.07, 6.45) is 1.96. The molecule has 0 amide bonds. The van der Waals surface area contributed by atoms with E-state index in [2.05, 4.69) is 4.72 Å². The van der Waals surface area contributed by atoms with Crippen molar-refractivity contribution in [2.24, 2.45) is 5.92 Å². The van der Waals surface area contributed by atoms with Crippen molar-refractivity contribution in [3.05, 3.63) is 35.4 Å². The van der Waals surface area contributed by atoms with Crippen LogP contribution < -0.4 is 4.72 Å². The SMILES string of the molecule is CC(C)(C)[S@@+]([O-])N[C@@H](c1ccc(F)cc1F)C1CC1. The fraction of sp³-hybridized carbons (Fsp3) is 0.571. The third-order valence-electron chi connectivity index (χ3n) is 3.18. The molecule has 5 heteroatoms. The van der Waals surface area contributed by atoms with Crippen LogP contribution in [0, 0.1) is 17.6 Å². The van der Waals surface area contributed by atoms with Crippen molar-refractivity contribution in [2.45, 2.75) is 44.4 Å². The Morgan fingerprint density at radius 1 is 1.32 bits per heavy atom. The van der Waals surface area contributed by atoms with Crippen LogP contribution in [0.15, 0.2) is 18.2 Å². The summed E-state index contributed by atoms with van der Waals surface area (Å²) in [4.78, 5) is 0. The molecule has 1 N–H and O–H groups in total. The molecule has 1 aromatic rings. The van der Waals surface area contributed by atoms with Crippen molar-refractivity contribution in [1.82, 2.24) is 4.72 Å². The normalized spacial score (nSPS) is 19.3. The summed E-state index contributed by atoms with van der Waals surface area (Å²) in [5, 5.41) is 0. The van der Waals surface area contributed by atoms with Crippen LogP contribution in [0.25, 0.3) is 0 Å². The van der Waals surface area contributed by atoms with E-state index in [4.69, 9.17) is 0 Å². The van der Waals surface area contributed by atoms with E-state index in [-0.39, 0.29) is 12.0 Å². The van der Waals surface area contributed by atoms with Gasteiger partial charge in [-0.05, 0) is 45.6 Å². The van der Waals surface area contributed by atoms with Crippen LogP contribution >= 0.6 is 0 Å². The molecule has 0 saturated heterocycles. The maximum Gasteiger partial charge on any atom is 0.136 e. The molecule has 0 heterocycles. The van der Waals surface area contributed by atoms with Gasteiger partial charge < -0.3 is 4.55 Å². The van der Waals surface area contributed by atoms with Gasteiger partial charge in [0.2, 0.25) is 0 Å². The quantitative estimate of drug-likeness (QED) is 0.861. The van der Waals surface area contributed by atoms with Crippen LogP contribution in [0.3, 0.4) is 0 Å². The minimum absolute atomic E-state index is 0.284. The lowest BCUT2D eigenvalue weighted by atomic mass is 10.0. The zero-order valence-corrected chi connectivity index (χ0v) is 12.2. The predicted molar refractivity (Wildman–Crippen MR) is 72.9 cm³/mol. The number of hydrogen-bond acceptors (Lipinski definition) is 2. The lowest BCUT2D eigenvalue weighted by Gasteiger charge is -2.28. The Morgan fingerprint density at radius 2 is 1.95 bits per heavy atom. The van der Waals surface area contributed by atoms with Crippen LogP contribution in [0.4, 0.5) is 8.78 Å². The topological polar surface area (TPSA) is 35.1 Å². The molecule has 2 rings (SSSR count). The molecule has 0 unspecified atom stereocenters. The number of rotatable bonds is 4. The summed E-state index contributed by atoms with van der Waals surface area (Å²) in [6.45, 7) is 5.59. The molecule has 1 saturated carbocycles. The highest BCUT2D eigenvalue weighted by atomic mass is 32.2. The van der Waals surface area contributed by atoms with E-state index in [0.29, 0.717) is 5.56 Å². The Bertz CT molecular complexity index is 457. The molecule has 0 spiro atoms. The summed E-state index contributed by atoms with van der Waals surface area (Å²) in [7, 11) is 0. The lowest BCUT2D eigenvalue weighted by Crippen LogP contribution is -2.42. The van der Waals surface area contributed by atoms with E-state index in [9.17, 15) is 13.3 Å². The molecule has 0 aromatic heterocycles. The molecule has 1 aliphatic carbocycles. The summed E-state index contributed by atoms with van der Waals surface area (Å²) < 4.78 is 41.6. The molecule has 1 aliphatic rings. The van der Waals surface area contributed by atoms with Gasteiger partial charge >= 0.3 is 0 Å². The number of hydrogen-bond donors (Lipinski definition) is 1. The molecule has 1 fully saturated rings. The molecule has 0 bridgehead atoms. The Kier molecular flexibility index (Phi) is 4.18. The summed E-state index contributed by atoms with van der Waals surface area (Å²) >= 11 is -1.27. The minimum Gasteiger partial charge on any atom is -0.598 e. The summed E-state index contributed by atoms with van der Waals surface area (Å²) in [5.41, 5.74) is 0.404. The maximum absolute atomic E-state index is 13.9. The molecule has 2 nitrogen and oxygen atoms in total. The first kappa shape index (κ1) is 14.8. The Hall–Kier alpha value is -0.650. The second-order valence-corrected chi connectivity index (χ2v) is 7.98. The van der Waals surface area contributed by atoms with Gasteiger partial charge in [0.15, 0.2) is 0 Å². The van der Waals surface area contributed by atoms with Crippen LogP contribution in [0.1, 0.15) is 45.2 Å². The largest absolute Gasteiger partial charge is 0.598 e. The Labute approximate surface area is 115 Å². The molecular formula is C14H19F2NOS. The van der Waals surface area contributed by atoms with Gasteiger partial charge in [-0.3, -0.25) is 0 Å². The van der Waals surface area contributed by atoms with E-state index in [1.807, 2.05) is 20.8 Å². The molecule has 0 radical (unpaired) electrons. The van der Waals surface area contributed by atoms with E-state index < -0.39 is 27.7 Å². The van der Waals surface area contributed by atoms with E-state index in [1.165, 1.54) is 12.1 Å². The van der Waals surface area contributed by atoms with Gasteiger partial charge in [0.25, 0.3) is 0 Å². The van der Waals surface area contributed by atoms with Crippen molar-refractivity contribution in [1.29, 1.82) is 0 Å². The average Bonchev–Trinajstić information content (AvgIpc) is 3.08. The number of nitrogens with one attached hydrogen (secondary N) is 1. The number of halogens is 2. The van der Waals surface area contributed by atoms with Gasteiger partial charge in [-0.15, -0.1) is 4.72 Å². The van der Waals surface area contributed by atoms with Crippen LogP contribution in [-0.4, -0.2) is 9.30 Å². The molecule has 19 heavy (non-hydrogen) atoms. The fourth-order valence-corrected chi connectivity index (χ4v) is 2.79. The molecule has 2 atom stereocenters. The van der Waals surface area contributed by atoms with Gasteiger partial charge in [-0.25, -0.2) is 8.78 Å². The Balaban J connectivity index is 2.21. The maximum atomic E-state index is 13.9. The Morgan fingerprint density at radius 3 is 2.42 bits per heavy atom. The smallest absolute Gasteiger partial charge is 0.136 e. The highest BCUT2D eigenvalue weighted by Crippen LogP contribution is 2.42. The molecule has 106 valence electrons. The van der Waals surface area contributed by atoms with Gasteiger partial charge in [0.05, 0.1) is 6.04 Å². The second kappa shape index (κ2) is 5.38. The van der Waals surface area contributed by atoms with Crippen molar-refractivity contribution in [3.63, 3.8) is 0 Å². The predicted octanol–water partition coefficient (Wildman–Crippen LogP) is 3.47. The second-order valence-electron chi connectivity index (χ2n) is 5.98. The van der Waals surface area contributed by atoms with Crippen molar-refractivity contribution >= 4 is 11.4 Å². The van der Waals surface area contributed by atoms with E-state index in [0.717, 1.165) is 18.9 Å². The third-order valence-corrected chi connectivity index (χ3v) is 4.76. The van der Waals surface area contributed by atoms with Crippen LogP contribution in [0.2, 0.25) is 0 Å². The van der Waals surface area contributed by atoms with Gasteiger partial charge in [0.1, 0.15) is 16.4 Å². The highest BCUT2D eigenvalue weighted by molar-refractivity contribution is 7.90. The zero-order chi connectivity index (χ0) is 14.2. The van der Waals surface area contributed by atoms with Gasteiger partial charge in [-0.1, -0.05) is 6.07 Å². The fourth-order valence-electron chi connectivity index (χ4n) is 1.89. The van der Waals surface area contributed by atoms with Crippen LogP contribution in [0.5, 0.6) is 0 Å². The monoisotopic (exact) mass is 287 g/mol. The number of benzene rings is 1.